The Hall–Kier alpha value is -2.99. The molecule has 0 unspecified atom stereocenters. The van der Waals surface area contributed by atoms with Gasteiger partial charge in [-0.05, 0) is 44.5 Å². The minimum Gasteiger partial charge on any atom is -0.352 e. The first-order valence-electron chi connectivity index (χ1n) is 9.16. The monoisotopic (exact) mass is 393 g/mol. The Labute approximate surface area is 168 Å². The molecule has 0 aliphatic carbocycles. The van der Waals surface area contributed by atoms with Gasteiger partial charge in [0.05, 0.1) is 6.54 Å². The van der Waals surface area contributed by atoms with E-state index in [-0.39, 0.29) is 11.8 Å². The predicted octanol–water partition coefficient (Wildman–Crippen LogP) is 3.71. The van der Waals surface area contributed by atoms with Crippen molar-refractivity contribution in [3.8, 4) is 0 Å². The third-order valence-corrected chi connectivity index (χ3v) is 5.36. The van der Waals surface area contributed by atoms with E-state index in [0.717, 1.165) is 16.8 Å². The first-order chi connectivity index (χ1) is 13.5. The van der Waals surface area contributed by atoms with Crippen molar-refractivity contribution in [2.24, 2.45) is 4.99 Å². The van der Waals surface area contributed by atoms with Crippen molar-refractivity contribution in [3.63, 3.8) is 0 Å². The summed E-state index contributed by atoms with van der Waals surface area (Å²) in [6, 6.07) is 14.9. The van der Waals surface area contributed by atoms with Gasteiger partial charge in [-0.1, -0.05) is 35.9 Å². The number of hydrogen-bond acceptors (Lipinski definition) is 3. The van der Waals surface area contributed by atoms with Crippen molar-refractivity contribution in [1.82, 2.24) is 9.88 Å². The van der Waals surface area contributed by atoms with Crippen LogP contribution < -0.4 is 10.1 Å². The Morgan fingerprint density at radius 1 is 1.11 bits per heavy atom. The molecule has 0 atom stereocenters. The number of rotatable bonds is 5. The first kappa shape index (κ1) is 19.8. The zero-order valence-corrected chi connectivity index (χ0v) is 17.0. The van der Waals surface area contributed by atoms with Gasteiger partial charge in [0.15, 0.2) is 4.80 Å². The molecule has 28 heavy (non-hydrogen) atoms. The molecule has 1 aromatic heterocycles. The molecule has 0 spiro atoms. The molecule has 0 saturated heterocycles. The third kappa shape index (κ3) is 4.46. The number of nitrogens with one attached hydrogen (secondary N) is 1. The first-order valence-corrected chi connectivity index (χ1v) is 10.0. The van der Waals surface area contributed by atoms with Gasteiger partial charge in [-0.15, -0.1) is 11.3 Å². The smallest absolute Gasteiger partial charge is 0.279 e. The molecule has 1 N–H and O–H groups in total. The second-order valence-corrected chi connectivity index (χ2v) is 7.39. The molecule has 2 aromatic carbocycles. The summed E-state index contributed by atoms with van der Waals surface area (Å²) in [5.74, 6) is -0.364. The molecular weight excluding hydrogens is 370 g/mol. The van der Waals surface area contributed by atoms with Crippen LogP contribution in [0.2, 0.25) is 0 Å². The van der Waals surface area contributed by atoms with Gasteiger partial charge in [0.2, 0.25) is 0 Å². The van der Waals surface area contributed by atoms with Crippen LogP contribution in [0.4, 0.5) is 0 Å². The summed E-state index contributed by atoms with van der Waals surface area (Å²) >= 11 is 1.42. The number of hydrogen-bond donors (Lipinski definition) is 1. The van der Waals surface area contributed by atoms with Gasteiger partial charge in [-0.2, -0.15) is 4.99 Å². The molecule has 3 rings (SSSR count). The summed E-state index contributed by atoms with van der Waals surface area (Å²) in [6.45, 7) is 6.87. The van der Waals surface area contributed by atoms with Crippen LogP contribution in [0.15, 0.2) is 58.9 Å². The van der Waals surface area contributed by atoms with Crippen molar-refractivity contribution >= 4 is 23.2 Å². The van der Waals surface area contributed by atoms with Gasteiger partial charge < -0.3 is 9.88 Å². The minimum absolute atomic E-state index is 0.0964. The third-order valence-electron chi connectivity index (χ3n) is 4.38. The summed E-state index contributed by atoms with van der Waals surface area (Å²) in [7, 11) is 0. The standard InChI is InChI=1S/C22H23N3O2S/c1-4-23-21(27)19-11-6-5-9-18(19)13-25-16(3)14-28-22(25)24-20(26)17-10-7-8-15(2)12-17/h5-12,14H,4,13H2,1-3H3,(H,23,27). The average molecular weight is 394 g/mol. The molecule has 0 aliphatic heterocycles. The second kappa shape index (κ2) is 8.80. The number of aromatic nitrogens is 1. The van der Waals surface area contributed by atoms with Crippen molar-refractivity contribution in [1.29, 1.82) is 0 Å². The highest BCUT2D eigenvalue weighted by molar-refractivity contribution is 7.07. The van der Waals surface area contributed by atoms with E-state index >= 15 is 0 Å². The van der Waals surface area contributed by atoms with Gasteiger partial charge in [0, 0.05) is 28.7 Å². The molecular formula is C22H23N3O2S. The highest BCUT2D eigenvalue weighted by Gasteiger charge is 2.13. The van der Waals surface area contributed by atoms with E-state index in [0.29, 0.717) is 29.0 Å². The molecule has 0 bridgehead atoms. The summed E-state index contributed by atoms with van der Waals surface area (Å²) in [6.07, 6.45) is 0. The number of benzene rings is 2. The second-order valence-electron chi connectivity index (χ2n) is 6.55. The zero-order chi connectivity index (χ0) is 20.1. The van der Waals surface area contributed by atoms with Crippen molar-refractivity contribution in [2.45, 2.75) is 27.3 Å². The lowest BCUT2D eigenvalue weighted by atomic mass is 10.1. The lowest BCUT2D eigenvalue weighted by Gasteiger charge is -2.11. The van der Waals surface area contributed by atoms with E-state index < -0.39 is 0 Å². The van der Waals surface area contributed by atoms with Gasteiger partial charge in [-0.3, -0.25) is 9.59 Å². The molecule has 0 aliphatic rings. The van der Waals surface area contributed by atoms with Gasteiger partial charge >= 0.3 is 0 Å². The van der Waals surface area contributed by atoms with Gasteiger partial charge in [0.25, 0.3) is 11.8 Å². The number of aryl methyl sites for hydroxylation is 2. The molecule has 2 amide bonds. The summed E-state index contributed by atoms with van der Waals surface area (Å²) in [5.41, 5.74) is 4.11. The number of amides is 2. The fourth-order valence-corrected chi connectivity index (χ4v) is 3.81. The summed E-state index contributed by atoms with van der Waals surface area (Å²) in [4.78, 5) is 29.9. The highest BCUT2D eigenvalue weighted by atomic mass is 32.1. The van der Waals surface area contributed by atoms with Crippen LogP contribution >= 0.6 is 11.3 Å². The number of carbonyl (C=O) groups is 2. The Morgan fingerprint density at radius 3 is 2.64 bits per heavy atom. The van der Waals surface area contributed by atoms with Crippen molar-refractivity contribution in [3.05, 3.63) is 86.7 Å². The SMILES string of the molecule is CCNC(=O)c1ccccc1Cn1c(C)csc1=NC(=O)c1cccc(C)c1. The van der Waals surface area contributed by atoms with E-state index in [9.17, 15) is 9.59 Å². The fourth-order valence-electron chi connectivity index (χ4n) is 2.93. The topological polar surface area (TPSA) is 63.5 Å². The Morgan fingerprint density at radius 2 is 1.89 bits per heavy atom. The van der Waals surface area contributed by atoms with Crippen molar-refractivity contribution in [2.75, 3.05) is 6.54 Å². The Balaban J connectivity index is 1.97. The van der Waals surface area contributed by atoms with Crippen LogP contribution in [0.3, 0.4) is 0 Å². The van der Waals surface area contributed by atoms with Crippen LogP contribution in [-0.2, 0) is 6.54 Å². The maximum absolute atomic E-state index is 12.6. The maximum Gasteiger partial charge on any atom is 0.279 e. The highest BCUT2D eigenvalue weighted by Crippen LogP contribution is 2.13. The lowest BCUT2D eigenvalue weighted by Crippen LogP contribution is -2.25. The van der Waals surface area contributed by atoms with Crippen LogP contribution in [-0.4, -0.2) is 22.9 Å². The lowest BCUT2D eigenvalue weighted by molar-refractivity contribution is 0.0953. The largest absolute Gasteiger partial charge is 0.352 e. The quantitative estimate of drug-likeness (QED) is 0.718. The number of nitrogens with zero attached hydrogens (tertiary/aromatic N) is 2. The molecule has 0 fully saturated rings. The predicted molar refractivity (Wildman–Crippen MR) is 112 cm³/mol. The number of carbonyl (C=O) groups excluding carboxylic acids is 2. The van der Waals surface area contributed by atoms with E-state index in [1.54, 1.807) is 6.07 Å². The minimum atomic E-state index is -0.267. The average Bonchev–Trinajstić information content (AvgIpc) is 3.02. The summed E-state index contributed by atoms with van der Waals surface area (Å²) < 4.78 is 1.97. The van der Waals surface area contributed by atoms with Crippen LogP contribution in [0, 0.1) is 13.8 Å². The Kier molecular flexibility index (Phi) is 6.21. The normalized spacial score (nSPS) is 11.5. The number of thiazole rings is 1. The van der Waals surface area contributed by atoms with E-state index in [2.05, 4.69) is 10.3 Å². The van der Waals surface area contributed by atoms with Crippen LogP contribution in [0.5, 0.6) is 0 Å². The van der Waals surface area contributed by atoms with Crippen LogP contribution in [0.1, 0.15) is 44.5 Å². The van der Waals surface area contributed by atoms with E-state index in [1.165, 1.54) is 11.3 Å². The van der Waals surface area contributed by atoms with Gasteiger partial charge in [-0.25, -0.2) is 0 Å². The Bertz CT molecular complexity index is 1080. The van der Waals surface area contributed by atoms with E-state index in [1.807, 2.05) is 73.2 Å². The van der Waals surface area contributed by atoms with Gasteiger partial charge in [0.1, 0.15) is 0 Å². The maximum atomic E-state index is 12.6. The molecule has 0 saturated carbocycles. The van der Waals surface area contributed by atoms with Crippen molar-refractivity contribution < 1.29 is 9.59 Å². The molecule has 0 radical (unpaired) electrons. The summed E-state index contributed by atoms with van der Waals surface area (Å²) in [5, 5.41) is 4.82. The molecule has 144 valence electrons. The molecule has 3 aromatic rings. The van der Waals surface area contributed by atoms with Crippen LogP contribution in [0.25, 0.3) is 0 Å². The van der Waals surface area contributed by atoms with E-state index in [4.69, 9.17) is 0 Å². The molecule has 5 nitrogen and oxygen atoms in total. The molecule has 1 heterocycles. The molecule has 6 heteroatoms. The fraction of sp³-hybridized carbons (Fsp3) is 0.227. The zero-order valence-electron chi connectivity index (χ0n) is 16.2.